The predicted octanol–water partition coefficient (Wildman–Crippen LogP) is 2.95. The maximum atomic E-state index is 13.0. The number of fused-ring (bicyclic) bond motifs is 2. The SMILES string of the molecule is Cc1ccc2c(c1)OC(C)(C)CC2NC(=O)CN(c1ccc2c(c1)OCCO2)S(C)(=O)=O. The van der Waals surface area contributed by atoms with Crippen LogP contribution in [0.2, 0.25) is 0 Å². The van der Waals surface area contributed by atoms with Crippen molar-refractivity contribution in [2.24, 2.45) is 0 Å². The summed E-state index contributed by atoms with van der Waals surface area (Å²) in [5.74, 6) is 1.34. The minimum atomic E-state index is -3.72. The van der Waals surface area contributed by atoms with Crippen molar-refractivity contribution in [2.75, 3.05) is 30.3 Å². The van der Waals surface area contributed by atoms with Crippen molar-refractivity contribution in [1.29, 1.82) is 0 Å². The van der Waals surface area contributed by atoms with Crippen LogP contribution in [-0.2, 0) is 14.8 Å². The molecular formula is C23H28N2O6S. The normalized spacial score (nSPS) is 18.8. The number of carbonyl (C=O) groups is 1. The molecule has 0 aromatic heterocycles. The topological polar surface area (TPSA) is 94.2 Å². The van der Waals surface area contributed by atoms with E-state index in [1.54, 1.807) is 18.2 Å². The van der Waals surface area contributed by atoms with E-state index in [0.717, 1.165) is 27.4 Å². The van der Waals surface area contributed by atoms with Gasteiger partial charge in [0.05, 0.1) is 18.0 Å². The van der Waals surface area contributed by atoms with Gasteiger partial charge in [-0.2, -0.15) is 0 Å². The molecule has 2 aromatic rings. The Balaban J connectivity index is 1.56. The smallest absolute Gasteiger partial charge is 0.241 e. The van der Waals surface area contributed by atoms with Crippen LogP contribution in [0.4, 0.5) is 5.69 Å². The molecule has 4 rings (SSSR count). The third kappa shape index (κ3) is 4.77. The lowest BCUT2D eigenvalue weighted by Gasteiger charge is -2.38. The number of anilines is 1. The predicted molar refractivity (Wildman–Crippen MR) is 121 cm³/mol. The monoisotopic (exact) mass is 460 g/mol. The lowest BCUT2D eigenvalue weighted by molar-refractivity contribution is -0.120. The fraction of sp³-hybridized carbons (Fsp3) is 0.435. The molecule has 0 spiro atoms. The molecule has 0 radical (unpaired) electrons. The Morgan fingerprint density at radius 1 is 1.09 bits per heavy atom. The van der Waals surface area contributed by atoms with Crippen LogP contribution >= 0.6 is 0 Å². The number of aryl methyl sites for hydroxylation is 1. The number of sulfonamides is 1. The van der Waals surface area contributed by atoms with E-state index in [-0.39, 0.29) is 12.6 Å². The van der Waals surface area contributed by atoms with Crippen LogP contribution in [0.25, 0.3) is 0 Å². The first-order valence-electron chi connectivity index (χ1n) is 10.5. The third-order valence-corrected chi connectivity index (χ3v) is 6.60. The molecule has 0 saturated carbocycles. The van der Waals surface area contributed by atoms with E-state index in [1.807, 2.05) is 39.0 Å². The molecule has 32 heavy (non-hydrogen) atoms. The van der Waals surface area contributed by atoms with Crippen LogP contribution in [-0.4, -0.2) is 45.9 Å². The zero-order chi connectivity index (χ0) is 23.1. The van der Waals surface area contributed by atoms with E-state index >= 15 is 0 Å². The minimum absolute atomic E-state index is 0.288. The van der Waals surface area contributed by atoms with Crippen molar-refractivity contribution in [3.63, 3.8) is 0 Å². The van der Waals surface area contributed by atoms with Gasteiger partial charge >= 0.3 is 0 Å². The third-order valence-electron chi connectivity index (χ3n) is 5.46. The van der Waals surface area contributed by atoms with E-state index in [4.69, 9.17) is 14.2 Å². The van der Waals surface area contributed by atoms with Gasteiger partial charge < -0.3 is 19.5 Å². The Bertz CT molecular complexity index is 1150. The first-order chi connectivity index (χ1) is 15.0. The summed E-state index contributed by atoms with van der Waals surface area (Å²) in [7, 11) is -3.72. The summed E-state index contributed by atoms with van der Waals surface area (Å²) in [4.78, 5) is 13.0. The molecule has 2 aliphatic heterocycles. The van der Waals surface area contributed by atoms with Crippen LogP contribution in [0.15, 0.2) is 36.4 Å². The molecule has 8 nitrogen and oxygen atoms in total. The molecule has 1 atom stereocenters. The molecule has 0 bridgehead atoms. The minimum Gasteiger partial charge on any atom is -0.487 e. The standard InChI is InChI=1S/C23H28N2O6S/c1-15-5-7-17-18(13-23(2,3)31-20(17)11-15)24-22(26)14-25(32(4,27)28)16-6-8-19-21(12-16)30-10-9-29-19/h5-8,11-12,18H,9-10,13-14H2,1-4H3,(H,24,26). The summed E-state index contributed by atoms with van der Waals surface area (Å²) in [6.07, 6.45) is 1.64. The zero-order valence-electron chi connectivity index (χ0n) is 18.7. The number of benzene rings is 2. The number of nitrogens with zero attached hydrogens (tertiary/aromatic N) is 1. The maximum Gasteiger partial charge on any atom is 0.241 e. The average Bonchev–Trinajstić information content (AvgIpc) is 2.69. The van der Waals surface area contributed by atoms with Gasteiger partial charge in [-0.15, -0.1) is 0 Å². The second kappa shape index (κ2) is 8.20. The van der Waals surface area contributed by atoms with Gasteiger partial charge in [0.25, 0.3) is 0 Å². The highest BCUT2D eigenvalue weighted by Gasteiger charge is 2.35. The highest BCUT2D eigenvalue weighted by molar-refractivity contribution is 7.92. The Labute approximate surface area is 188 Å². The summed E-state index contributed by atoms with van der Waals surface area (Å²) >= 11 is 0. The molecule has 1 N–H and O–H groups in total. The first kappa shape index (κ1) is 22.3. The van der Waals surface area contributed by atoms with Gasteiger partial charge in [0.2, 0.25) is 15.9 Å². The fourth-order valence-corrected chi connectivity index (χ4v) is 4.89. The largest absolute Gasteiger partial charge is 0.487 e. The number of carbonyl (C=O) groups excluding carboxylic acids is 1. The Kier molecular flexibility index (Phi) is 5.70. The zero-order valence-corrected chi connectivity index (χ0v) is 19.5. The highest BCUT2D eigenvalue weighted by Crippen LogP contribution is 2.40. The van der Waals surface area contributed by atoms with Crippen LogP contribution in [0, 0.1) is 6.92 Å². The lowest BCUT2D eigenvalue weighted by Crippen LogP contribution is -2.45. The molecule has 9 heteroatoms. The van der Waals surface area contributed by atoms with Crippen molar-refractivity contribution >= 4 is 21.6 Å². The molecule has 2 heterocycles. The van der Waals surface area contributed by atoms with Gasteiger partial charge in [-0.1, -0.05) is 12.1 Å². The fourth-order valence-electron chi connectivity index (χ4n) is 4.05. The average molecular weight is 461 g/mol. The number of rotatable bonds is 5. The highest BCUT2D eigenvalue weighted by atomic mass is 32.2. The summed E-state index contributed by atoms with van der Waals surface area (Å²) in [5.41, 5.74) is 1.82. The number of ether oxygens (including phenoxy) is 3. The van der Waals surface area contributed by atoms with Gasteiger partial charge in [-0.25, -0.2) is 8.42 Å². The summed E-state index contributed by atoms with van der Waals surface area (Å²) < 4.78 is 43.3. The Hall–Kier alpha value is -2.94. The Morgan fingerprint density at radius 3 is 2.53 bits per heavy atom. The molecule has 0 fully saturated rings. The maximum absolute atomic E-state index is 13.0. The van der Waals surface area contributed by atoms with Crippen molar-refractivity contribution in [3.05, 3.63) is 47.5 Å². The van der Waals surface area contributed by atoms with Gasteiger partial charge in [-0.05, 0) is 44.5 Å². The second-order valence-electron chi connectivity index (χ2n) is 8.82. The molecule has 1 amide bonds. The number of hydrogen-bond acceptors (Lipinski definition) is 6. The molecule has 2 aromatic carbocycles. The van der Waals surface area contributed by atoms with E-state index < -0.39 is 21.5 Å². The molecule has 2 aliphatic rings. The van der Waals surface area contributed by atoms with Crippen molar-refractivity contribution in [3.8, 4) is 17.2 Å². The van der Waals surface area contributed by atoms with Gasteiger partial charge in [0.15, 0.2) is 11.5 Å². The summed E-state index contributed by atoms with van der Waals surface area (Å²) in [6.45, 7) is 6.39. The number of nitrogens with one attached hydrogen (secondary N) is 1. The second-order valence-corrected chi connectivity index (χ2v) is 10.7. The number of amides is 1. The first-order valence-corrected chi connectivity index (χ1v) is 12.3. The van der Waals surface area contributed by atoms with Crippen LogP contribution in [0.1, 0.15) is 37.4 Å². The molecule has 172 valence electrons. The van der Waals surface area contributed by atoms with Crippen LogP contribution in [0.5, 0.6) is 17.2 Å². The number of hydrogen-bond donors (Lipinski definition) is 1. The molecule has 0 aliphatic carbocycles. The van der Waals surface area contributed by atoms with E-state index in [1.165, 1.54) is 0 Å². The van der Waals surface area contributed by atoms with Crippen molar-refractivity contribution < 1.29 is 27.4 Å². The van der Waals surface area contributed by atoms with Crippen LogP contribution in [0.3, 0.4) is 0 Å². The van der Waals surface area contributed by atoms with E-state index in [9.17, 15) is 13.2 Å². The van der Waals surface area contributed by atoms with Crippen molar-refractivity contribution in [1.82, 2.24) is 5.32 Å². The van der Waals surface area contributed by atoms with E-state index in [2.05, 4.69) is 5.32 Å². The molecular weight excluding hydrogens is 432 g/mol. The molecule has 1 unspecified atom stereocenters. The van der Waals surface area contributed by atoms with Gasteiger partial charge in [0.1, 0.15) is 31.1 Å². The van der Waals surface area contributed by atoms with Gasteiger partial charge in [-0.3, -0.25) is 9.10 Å². The Morgan fingerprint density at radius 2 is 1.81 bits per heavy atom. The lowest BCUT2D eigenvalue weighted by atomic mass is 9.89. The van der Waals surface area contributed by atoms with Crippen molar-refractivity contribution in [2.45, 2.75) is 38.8 Å². The van der Waals surface area contributed by atoms with E-state index in [0.29, 0.717) is 36.8 Å². The summed E-state index contributed by atoms with van der Waals surface area (Å²) in [5, 5.41) is 3.00. The molecule has 0 saturated heterocycles. The quantitative estimate of drug-likeness (QED) is 0.737. The van der Waals surface area contributed by atoms with Crippen LogP contribution < -0.4 is 23.8 Å². The summed E-state index contributed by atoms with van der Waals surface area (Å²) in [6, 6.07) is 10.4. The van der Waals surface area contributed by atoms with Gasteiger partial charge in [0, 0.05) is 18.1 Å².